The molecule has 2 heterocycles. The van der Waals surface area contributed by atoms with Crippen LogP contribution in [0, 0.1) is 10.5 Å². The first-order valence-corrected chi connectivity index (χ1v) is 6.40. The number of halogens is 1. The van der Waals surface area contributed by atoms with Gasteiger partial charge >= 0.3 is 0 Å². The van der Waals surface area contributed by atoms with Gasteiger partial charge in [-0.15, -0.1) is 0 Å². The summed E-state index contributed by atoms with van der Waals surface area (Å²) in [5.41, 5.74) is 2.17. The van der Waals surface area contributed by atoms with Crippen LogP contribution in [0.3, 0.4) is 0 Å². The number of rotatable bonds is 3. The number of aromatic amines is 1. The van der Waals surface area contributed by atoms with Crippen molar-refractivity contribution in [1.82, 2.24) is 15.0 Å². The van der Waals surface area contributed by atoms with Crippen molar-refractivity contribution in [1.29, 1.82) is 0 Å². The SMILES string of the molecule is COCc1nc(-c2cc(C)ccn2)[nH]c(=O)c1I. The van der Waals surface area contributed by atoms with E-state index in [1.165, 1.54) is 0 Å². The van der Waals surface area contributed by atoms with Crippen molar-refractivity contribution in [2.45, 2.75) is 13.5 Å². The lowest BCUT2D eigenvalue weighted by molar-refractivity contribution is 0.180. The zero-order valence-corrected chi connectivity index (χ0v) is 12.2. The molecular formula is C12H12IN3O2. The Hall–Kier alpha value is -1.28. The van der Waals surface area contributed by atoms with Gasteiger partial charge in [-0.1, -0.05) is 0 Å². The molecule has 0 amide bonds. The highest BCUT2D eigenvalue weighted by Crippen LogP contribution is 2.14. The number of aromatic nitrogens is 3. The molecule has 0 saturated carbocycles. The average Bonchev–Trinajstić information content (AvgIpc) is 2.35. The summed E-state index contributed by atoms with van der Waals surface area (Å²) in [6, 6.07) is 3.77. The molecule has 18 heavy (non-hydrogen) atoms. The van der Waals surface area contributed by atoms with Crippen LogP contribution in [0.25, 0.3) is 11.5 Å². The van der Waals surface area contributed by atoms with Crippen molar-refractivity contribution in [3.63, 3.8) is 0 Å². The number of H-pyrrole nitrogens is 1. The molecule has 0 bridgehead atoms. The molecule has 0 unspecified atom stereocenters. The Morgan fingerprint density at radius 2 is 2.28 bits per heavy atom. The molecule has 0 aliphatic rings. The van der Waals surface area contributed by atoms with Crippen molar-refractivity contribution in [3.8, 4) is 11.5 Å². The lowest BCUT2D eigenvalue weighted by Gasteiger charge is -2.06. The van der Waals surface area contributed by atoms with Crippen LogP contribution in [-0.2, 0) is 11.3 Å². The molecule has 5 nitrogen and oxygen atoms in total. The lowest BCUT2D eigenvalue weighted by atomic mass is 10.2. The second kappa shape index (κ2) is 5.57. The van der Waals surface area contributed by atoms with E-state index in [2.05, 4.69) is 15.0 Å². The monoisotopic (exact) mass is 357 g/mol. The first-order chi connectivity index (χ1) is 8.61. The summed E-state index contributed by atoms with van der Waals surface area (Å²) in [5.74, 6) is 0.469. The molecule has 1 N–H and O–H groups in total. The van der Waals surface area contributed by atoms with Crippen LogP contribution in [0.15, 0.2) is 23.1 Å². The van der Waals surface area contributed by atoms with E-state index in [0.29, 0.717) is 27.4 Å². The highest BCUT2D eigenvalue weighted by Gasteiger charge is 2.10. The Bertz CT molecular complexity index is 625. The van der Waals surface area contributed by atoms with E-state index in [1.54, 1.807) is 13.3 Å². The van der Waals surface area contributed by atoms with E-state index < -0.39 is 0 Å². The summed E-state index contributed by atoms with van der Waals surface area (Å²) in [7, 11) is 1.57. The Balaban J connectivity index is 2.55. The zero-order valence-electron chi connectivity index (χ0n) is 10.0. The van der Waals surface area contributed by atoms with Crippen LogP contribution in [0.4, 0.5) is 0 Å². The van der Waals surface area contributed by atoms with Gasteiger partial charge in [0.2, 0.25) is 0 Å². The number of methoxy groups -OCH3 is 1. The number of nitrogens with zero attached hydrogens (tertiary/aromatic N) is 2. The quantitative estimate of drug-likeness (QED) is 0.852. The Morgan fingerprint density at radius 1 is 1.50 bits per heavy atom. The fourth-order valence-corrected chi connectivity index (χ4v) is 1.94. The minimum absolute atomic E-state index is 0.170. The first-order valence-electron chi connectivity index (χ1n) is 5.32. The van der Waals surface area contributed by atoms with E-state index in [9.17, 15) is 4.79 Å². The van der Waals surface area contributed by atoms with Gasteiger partial charge in [-0.3, -0.25) is 9.78 Å². The molecule has 2 aromatic heterocycles. The largest absolute Gasteiger partial charge is 0.378 e. The maximum atomic E-state index is 11.8. The number of pyridine rings is 1. The molecule has 2 aromatic rings. The number of hydrogen-bond acceptors (Lipinski definition) is 4. The highest BCUT2D eigenvalue weighted by molar-refractivity contribution is 14.1. The average molecular weight is 357 g/mol. The van der Waals surface area contributed by atoms with Crippen LogP contribution in [0.5, 0.6) is 0 Å². The van der Waals surface area contributed by atoms with Gasteiger partial charge in [0.05, 0.1) is 12.3 Å². The number of ether oxygens (including phenoxy) is 1. The first kappa shape index (κ1) is 13.2. The third-order valence-corrected chi connectivity index (χ3v) is 3.48. The molecule has 94 valence electrons. The van der Waals surface area contributed by atoms with E-state index in [0.717, 1.165) is 5.56 Å². The van der Waals surface area contributed by atoms with Crippen LogP contribution < -0.4 is 5.56 Å². The van der Waals surface area contributed by atoms with Crippen molar-refractivity contribution in [2.24, 2.45) is 0 Å². The van der Waals surface area contributed by atoms with Crippen molar-refractivity contribution < 1.29 is 4.74 Å². The molecule has 0 atom stereocenters. The summed E-state index contributed by atoms with van der Waals surface area (Å²) >= 11 is 1.96. The minimum Gasteiger partial charge on any atom is -0.378 e. The lowest BCUT2D eigenvalue weighted by Crippen LogP contribution is -2.17. The van der Waals surface area contributed by atoms with Crippen molar-refractivity contribution in [3.05, 3.63) is 43.5 Å². The maximum Gasteiger partial charge on any atom is 0.265 e. The van der Waals surface area contributed by atoms with Gasteiger partial charge in [0.1, 0.15) is 9.26 Å². The fraction of sp³-hybridized carbons (Fsp3) is 0.250. The normalized spacial score (nSPS) is 10.6. The molecule has 0 spiro atoms. The molecular weight excluding hydrogens is 345 g/mol. The van der Waals surface area contributed by atoms with Gasteiger partial charge in [0, 0.05) is 13.3 Å². The van der Waals surface area contributed by atoms with Crippen molar-refractivity contribution in [2.75, 3.05) is 7.11 Å². The van der Waals surface area contributed by atoms with E-state index in [1.807, 2.05) is 41.6 Å². The summed E-state index contributed by atoms with van der Waals surface area (Å²) < 4.78 is 5.58. The highest BCUT2D eigenvalue weighted by atomic mass is 127. The van der Waals surface area contributed by atoms with Crippen LogP contribution in [0.1, 0.15) is 11.3 Å². The molecule has 0 fully saturated rings. The third kappa shape index (κ3) is 2.75. The fourth-order valence-electron chi connectivity index (χ4n) is 1.52. The van der Waals surface area contributed by atoms with E-state index in [-0.39, 0.29) is 5.56 Å². The van der Waals surface area contributed by atoms with Gasteiger partial charge in [-0.05, 0) is 47.2 Å². The van der Waals surface area contributed by atoms with Crippen molar-refractivity contribution >= 4 is 22.6 Å². The van der Waals surface area contributed by atoms with Gasteiger partial charge < -0.3 is 9.72 Å². The number of aryl methyl sites for hydroxylation is 1. The molecule has 6 heteroatoms. The van der Waals surface area contributed by atoms with Gasteiger partial charge in [-0.25, -0.2) is 4.98 Å². The zero-order chi connectivity index (χ0) is 13.1. The van der Waals surface area contributed by atoms with Crippen LogP contribution in [-0.4, -0.2) is 22.1 Å². The summed E-state index contributed by atoms with van der Waals surface area (Å²) in [4.78, 5) is 23.1. The number of nitrogens with one attached hydrogen (secondary N) is 1. The second-order valence-corrected chi connectivity index (χ2v) is 4.91. The van der Waals surface area contributed by atoms with E-state index in [4.69, 9.17) is 4.74 Å². The Morgan fingerprint density at radius 3 is 2.94 bits per heavy atom. The predicted octanol–water partition coefficient (Wildman–Crippen LogP) is 1.89. The predicted molar refractivity (Wildman–Crippen MR) is 76.3 cm³/mol. The second-order valence-electron chi connectivity index (χ2n) is 3.83. The van der Waals surface area contributed by atoms with Crippen LogP contribution >= 0.6 is 22.6 Å². The van der Waals surface area contributed by atoms with Gasteiger partial charge in [-0.2, -0.15) is 0 Å². The molecule has 0 radical (unpaired) electrons. The van der Waals surface area contributed by atoms with Crippen LogP contribution in [0.2, 0.25) is 0 Å². The molecule has 0 saturated heterocycles. The smallest absolute Gasteiger partial charge is 0.265 e. The molecule has 0 aliphatic carbocycles. The summed E-state index contributed by atoms with van der Waals surface area (Å²) in [6.45, 7) is 2.27. The Labute approximate surface area is 118 Å². The third-order valence-electron chi connectivity index (χ3n) is 2.37. The minimum atomic E-state index is -0.170. The van der Waals surface area contributed by atoms with Gasteiger partial charge in [0.15, 0.2) is 5.82 Å². The molecule has 2 rings (SSSR count). The van der Waals surface area contributed by atoms with Gasteiger partial charge in [0.25, 0.3) is 5.56 Å². The summed E-state index contributed by atoms with van der Waals surface area (Å²) in [5, 5.41) is 0. The summed E-state index contributed by atoms with van der Waals surface area (Å²) in [6.07, 6.45) is 1.69. The molecule has 0 aromatic carbocycles. The number of hydrogen-bond donors (Lipinski definition) is 1. The standard InChI is InChI=1S/C12H12IN3O2/c1-7-3-4-14-8(5-7)11-15-9(6-18-2)10(13)12(17)16-11/h3-5H,6H2,1-2H3,(H,15,16,17). The Kier molecular flexibility index (Phi) is 4.07. The van der Waals surface area contributed by atoms with E-state index >= 15 is 0 Å². The topological polar surface area (TPSA) is 67.9 Å². The molecule has 0 aliphatic heterocycles. The maximum absolute atomic E-state index is 11.8.